The Morgan fingerprint density at radius 2 is 1.44 bits per heavy atom. The Morgan fingerprint density at radius 3 is 2.05 bits per heavy atom. The van der Waals surface area contributed by atoms with Gasteiger partial charge in [-0.25, -0.2) is 0 Å². The van der Waals surface area contributed by atoms with Crippen molar-refractivity contribution in [1.82, 2.24) is 14.7 Å². The molecule has 2 amide bonds. The summed E-state index contributed by atoms with van der Waals surface area (Å²) in [5.74, 6) is -0.374. The Bertz CT molecular complexity index is 1300. The fourth-order valence-corrected chi connectivity index (χ4v) is 4.99. The van der Waals surface area contributed by atoms with Gasteiger partial charge in [0.2, 0.25) is 0 Å². The van der Waals surface area contributed by atoms with Crippen LogP contribution in [-0.2, 0) is 0 Å². The third kappa shape index (κ3) is 6.48. The summed E-state index contributed by atoms with van der Waals surface area (Å²) in [4.78, 5) is 42.4. The van der Waals surface area contributed by atoms with E-state index in [0.717, 1.165) is 23.9 Å². The first kappa shape index (κ1) is 30.3. The Hall–Kier alpha value is -3.28. The van der Waals surface area contributed by atoms with E-state index in [4.69, 9.17) is 4.74 Å². The van der Waals surface area contributed by atoms with E-state index in [1.807, 2.05) is 24.3 Å². The molecule has 0 bridgehead atoms. The minimum atomic E-state index is -0.794. The van der Waals surface area contributed by atoms with Crippen LogP contribution >= 0.6 is 24.8 Å². The smallest absolute Gasteiger partial charge is 0.310 e. The number of β-amino-alcohol motifs (C(OH)–C–C–N with tert-alkyl or cyclic N) is 1. The first-order valence-electron chi connectivity index (χ1n) is 12.3. The molecule has 3 aromatic carbocycles. The van der Waals surface area contributed by atoms with E-state index < -0.39 is 11.0 Å². The van der Waals surface area contributed by atoms with Gasteiger partial charge in [-0.1, -0.05) is 36.4 Å². The molecule has 1 N–H and O–H groups in total. The number of nitro benzene ring substituents is 1. The van der Waals surface area contributed by atoms with Crippen molar-refractivity contribution >= 4 is 53.1 Å². The monoisotopic (exact) mass is 576 g/mol. The van der Waals surface area contributed by atoms with Crippen LogP contribution in [0.1, 0.15) is 20.7 Å². The summed E-state index contributed by atoms with van der Waals surface area (Å²) >= 11 is 0. The summed E-state index contributed by atoms with van der Waals surface area (Å²) in [7, 11) is 0. The van der Waals surface area contributed by atoms with Crippen LogP contribution in [0.4, 0.5) is 5.69 Å². The molecule has 208 valence electrons. The van der Waals surface area contributed by atoms with E-state index in [2.05, 4.69) is 9.80 Å². The number of hydrogen-bond acceptors (Lipinski definition) is 8. The van der Waals surface area contributed by atoms with Crippen LogP contribution in [0.3, 0.4) is 0 Å². The highest BCUT2D eigenvalue weighted by Gasteiger charge is 2.33. The minimum absolute atomic E-state index is 0. The maximum absolute atomic E-state index is 13.1. The third-order valence-electron chi connectivity index (χ3n) is 6.92. The van der Waals surface area contributed by atoms with Crippen molar-refractivity contribution in [1.29, 1.82) is 0 Å². The zero-order valence-electron chi connectivity index (χ0n) is 21.1. The molecule has 1 saturated heterocycles. The molecule has 2 aliphatic heterocycles. The SMILES string of the molecule is Cl.Cl.O=C1c2cccc3cccc(c23)C(=O)N1CCN1CCN(CC(O)COc2ccccc2[N+](=O)[O-])CC1. The van der Waals surface area contributed by atoms with Gasteiger partial charge in [-0.2, -0.15) is 0 Å². The number of aliphatic hydroxyl groups is 1. The van der Waals surface area contributed by atoms with Gasteiger partial charge in [0.25, 0.3) is 11.8 Å². The van der Waals surface area contributed by atoms with Gasteiger partial charge in [0, 0.05) is 68.4 Å². The zero-order valence-corrected chi connectivity index (χ0v) is 22.7. The van der Waals surface area contributed by atoms with Gasteiger partial charge in [0.05, 0.1) is 4.92 Å². The number of nitro groups is 1. The molecule has 3 aromatic rings. The summed E-state index contributed by atoms with van der Waals surface area (Å²) in [6.07, 6.45) is -0.794. The van der Waals surface area contributed by atoms with Crippen LogP contribution in [0.5, 0.6) is 5.75 Å². The molecule has 0 spiro atoms. The molecular formula is C27H30Cl2N4O6. The molecule has 0 radical (unpaired) electrons. The first-order chi connectivity index (χ1) is 17.9. The molecular weight excluding hydrogens is 547 g/mol. The van der Waals surface area contributed by atoms with Crippen LogP contribution in [-0.4, -0.2) is 95.1 Å². The van der Waals surface area contributed by atoms with Crippen molar-refractivity contribution in [3.63, 3.8) is 0 Å². The number of amides is 2. The second-order valence-corrected chi connectivity index (χ2v) is 9.30. The van der Waals surface area contributed by atoms with E-state index in [9.17, 15) is 24.8 Å². The summed E-state index contributed by atoms with van der Waals surface area (Å²) in [5.41, 5.74) is 0.998. The number of carbonyl (C=O) groups is 2. The van der Waals surface area contributed by atoms with Gasteiger partial charge in [0.15, 0.2) is 5.75 Å². The van der Waals surface area contributed by atoms with Crippen molar-refractivity contribution in [3.8, 4) is 5.75 Å². The highest BCUT2D eigenvalue weighted by Crippen LogP contribution is 2.30. The van der Waals surface area contributed by atoms with Crippen LogP contribution < -0.4 is 4.74 Å². The standard InChI is InChI=1S/C27H28N4O6.2ClH/c32-20(18-37-24-10-2-1-9-23(24)31(35)36)17-29-13-11-28(12-14-29)15-16-30-26(33)21-7-3-5-19-6-4-8-22(25(19)21)27(30)34;;/h1-10,20,32H,11-18H2;2*1H. The van der Waals surface area contributed by atoms with Crippen LogP contribution in [0.15, 0.2) is 60.7 Å². The van der Waals surface area contributed by atoms with Crippen molar-refractivity contribution in [3.05, 3.63) is 81.9 Å². The third-order valence-corrected chi connectivity index (χ3v) is 6.92. The quantitative estimate of drug-likeness (QED) is 0.234. The van der Waals surface area contributed by atoms with Crippen molar-refractivity contribution < 1.29 is 24.4 Å². The zero-order chi connectivity index (χ0) is 25.9. The van der Waals surface area contributed by atoms with Gasteiger partial charge in [-0.15, -0.1) is 24.8 Å². The van der Waals surface area contributed by atoms with E-state index >= 15 is 0 Å². The molecule has 1 unspecified atom stereocenters. The lowest BCUT2D eigenvalue weighted by molar-refractivity contribution is -0.385. The normalized spacial score (nSPS) is 16.4. The Labute approximate surface area is 238 Å². The van der Waals surface area contributed by atoms with Gasteiger partial charge in [-0.3, -0.25) is 34.4 Å². The van der Waals surface area contributed by atoms with Crippen molar-refractivity contribution in [2.24, 2.45) is 0 Å². The lowest BCUT2D eigenvalue weighted by Crippen LogP contribution is -2.51. The van der Waals surface area contributed by atoms with Gasteiger partial charge < -0.3 is 9.84 Å². The summed E-state index contributed by atoms with van der Waals surface area (Å²) in [5, 5.41) is 23.1. The molecule has 0 aliphatic carbocycles. The lowest BCUT2D eigenvalue weighted by atomic mass is 9.94. The number of piperazine rings is 1. The largest absolute Gasteiger partial charge is 0.484 e. The lowest BCUT2D eigenvalue weighted by Gasteiger charge is -2.36. The molecule has 2 heterocycles. The number of rotatable bonds is 9. The van der Waals surface area contributed by atoms with E-state index in [1.165, 1.54) is 17.0 Å². The van der Waals surface area contributed by atoms with Crippen molar-refractivity contribution in [2.75, 3.05) is 52.4 Å². The van der Waals surface area contributed by atoms with E-state index in [0.29, 0.717) is 43.9 Å². The van der Waals surface area contributed by atoms with E-state index in [1.54, 1.807) is 24.3 Å². The molecule has 10 nitrogen and oxygen atoms in total. The average molecular weight is 577 g/mol. The molecule has 12 heteroatoms. The van der Waals surface area contributed by atoms with E-state index in [-0.39, 0.29) is 54.7 Å². The Morgan fingerprint density at radius 1 is 0.846 bits per heavy atom. The van der Waals surface area contributed by atoms with Crippen LogP contribution in [0, 0.1) is 10.1 Å². The number of ether oxygens (including phenoxy) is 1. The number of halogens is 2. The number of aliphatic hydroxyl groups excluding tert-OH is 1. The number of carbonyl (C=O) groups excluding carboxylic acids is 2. The maximum Gasteiger partial charge on any atom is 0.310 e. The van der Waals surface area contributed by atoms with Gasteiger partial charge in [0.1, 0.15) is 12.7 Å². The predicted octanol–water partition coefficient (Wildman–Crippen LogP) is 3.25. The van der Waals surface area contributed by atoms with Crippen LogP contribution in [0.2, 0.25) is 0 Å². The van der Waals surface area contributed by atoms with Crippen LogP contribution in [0.25, 0.3) is 10.8 Å². The average Bonchev–Trinajstić information content (AvgIpc) is 2.91. The number of hydrogen-bond donors (Lipinski definition) is 1. The highest BCUT2D eigenvalue weighted by molar-refractivity contribution is 6.25. The molecule has 0 aromatic heterocycles. The topological polar surface area (TPSA) is 116 Å². The number of imide groups is 1. The van der Waals surface area contributed by atoms with Gasteiger partial charge in [-0.05, 0) is 23.6 Å². The summed E-state index contributed by atoms with van der Waals surface area (Å²) in [6.45, 7) is 4.14. The second-order valence-electron chi connectivity index (χ2n) is 9.30. The molecule has 5 rings (SSSR count). The number of benzene rings is 3. The van der Waals surface area contributed by atoms with Gasteiger partial charge >= 0.3 is 5.69 Å². The number of para-hydroxylation sites is 2. The maximum atomic E-state index is 13.1. The first-order valence-corrected chi connectivity index (χ1v) is 12.3. The molecule has 1 fully saturated rings. The molecule has 39 heavy (non-hydrogen) atoms. The predicted molar refractivity (Wildman–Crippen MR) is 151 cm³/mol. The Balaban J connectivity index is 0.00000210. The molecule has 2 aliphatic rings. The summed E-state index contributed by atoms with van der Waals surface area (Å²) in [6, 6.07) is 17.1. The highest BCUT2D eigenvalue weighted by atomic mass is 35.5. The fourth-order valence-electron chi connectivity index (χ4n) is 4.99. The Kier molecular flexibility index (Phi) is 10.2. The molecule has 1 atom stereocenters. The number of nitrogens with zero attached hydrogens (tertiary/aromatic N) is 4. The summed E-state index contributed by atoms with van der Waals surface area (Å²) < 4.78 is 5.50. The second kappa shape index (κ2) is 13.2. The van der Waals surface area contributed by atoms with Crippen molar-refractivity contribution in [2.45, 2.75) is 6.10 Å². The molecule has 0 saturated carbocycles. The minimum Gasteiger partial charge on any atom is -0.484 e. The fraction of sp³-hybridized carbons (Fsp3) is 0.333.